The number of hydrogen-bond acceptors (Lipinski definition) is 3. The Morgan fingerprint density at radius 3 is 2.57 bits per heavy atom. The first-order valence-corrected chi connectivity index (χ1v) is 8.16. The number of pyridine rings is 1. The fourth-order valence-electron chi connectivity index (χ4n) is 2.69. The molecular weight excluding hydrogens is 308 g/mol. The van der Waals surface area contributed by atoms with E-state index in [9.17, 15) is 0 Å². The molecule has 0 amide bonds. The van der Waals surface area contributed by atoms with Crippen LogP contribution in [-0.2, 0) is 13.6 Å². The summed E-state index contributed by atoms with van der Waals surface area (Å²) < 4.78 is 1.80. The fraction of sp³-hybridized carbons (Fsp3) is 0.333. The lowest BCUT2D eigenvalue weighted by molar-refractivity contribution is 0.724. The molecule has 0 radical (unpaired) electrons. The molecule has 0 saturated heterocycles. The van der Waals surface area contributed by atoms with Gasteiger partial charge in [0.15, 0.2) is 5.65 Å². The van der Waals surface area contributed by atoms with Gasteiger partial charge in [0, 0.05) is 13.6 Å². The number of rotatable bonds is 4. The van der Waals surface area contributed by atoms with Gasteiger partial charge in [0.2, 0.25) is 0 Å². The maximum atomic E-state index is 6.19. The average Bonchev–Trinajstić information content (AvgIpc) is 2.84. The lowest BCUT2D eigenvalue weighted by atomic mass is 10.1. The van der Waals surface area contributed by atoms with Crippen molar-refractivity contribution in [2.45, 2.75) is 33.2 Å². The summed E-state index contributed by atoms with van der Waals surface area (Å²) in [5, 5.41) is 9.64. The number of anilines is 1. The molecule has 0 aliphatic rings. The number of aryl methyl sites for hydroxylation is 2. The Bertz CT molecular complexity index is 834. The van der Waals surface area contributed by atoms with Crippen molar-refractivity contribution in [3.8, 4) is 0 Å². The number of nitrogens with one attached hydrogen (secondary N) is 1. The average molecular weight is 329 g/mol. The van der Waals surface area contributed by atoms with Crippen molar-refractivity contribution < 1.29 is 0 Å². The van der Waals surface area contributed by atoms with E-state index >= 15 is 0 Å². The van der Waals surface area contributed by atoms with Gasteiger partial charge >= 0.3 is 0 Å². The smallest absolute Gasteiger partial charge is 0.161 e. The van der Waals surface area contributed by atoms with E-state index in [4.69, 9.17) is 11.6 Å². The third kappa shape index (κ3) is 3.17. The lowest BCUT2D eigenvalue weighted by Gasteiger charge is -2.10. The van der Waals surface area contributed by atoms with Gasteiger partial charge in [-0.15, -0.1) is 0 Å². The Labute approximate surface area is 141 Å². The molecule has 2 aromatic heterocycles. The monoisotopic (exact) mass is 328 g/mol. The van der Waals surface area contributed by atoms with Gasteiger partial charge in [-0.3, -0.25) is 4.68 Å². The quantitative estimate of drug-likeness (QED) is 0.708. The first kappa shape index (κ1) is 15.8. The molecule has 1 aromatic carbocycles. The van der Waals surface area contributed by atoms with Crippen LogP contribution in [0.5, 0.6) is 0 Å². The second-order valence-electron chi connectivity index (χ2n) is 6.19. The minimum Gasteiger partial charge on any atom is -0.380 e. The topological polar surface area (TPSA) is 42.7 Å². The molecule has 4 nitrogen and oxygen atoms in total. The van der Waals surface area contributed by atoms with Crippen LogP contribution in [0.15, 0.2) is 30.3 Å². The fourth-order valence-corrected chi connectivity index (χ4v) is 2.88. The first-order valence-electron chi connectivity index (χ1n) is 7.78. The van der Waals surface area contributed by atoms with Crippen LogP contribution in [0.3, 0.4) is 0 Å². The molecule has 23 heavy (non-hydrogen) atoms. The molecule has 2 heterocycles. The molecule has 0 aliphatic heterocycles. The molecule has 0 unspecified atom stereocenters. The van der Waals surface area contributed by atoms with Crippen LogP contribution in [0.25, 0.3) is 11.0 Å². The molecule has 1 N–H and O–H groups in total. The highest BCUT2D eigenvalue weighted by Gasteiger charge is 2.17. The predicted molar refractivity (Wildman–Crippen MR) is 96.1 cm³/mol. The summed E-state index contributed by atoms with van der Waals surface area (Å²) in [6, 6.07) is 10.4. The summed E-state index contributed by atoms with van der Waals surface area (Å²) in [4.78, 5) is 4.43. The van der Waals surface area contributed by atoms with Crippen LogP contribution in [0, 0.1) is 6.92 Å². The van der Waals surface area contributed by atoms with E-state index in [1.165, 1.54) is 11.1 Å². The maximum absolute atomic E-state index is 6.19. The molecule has 0 bridgehead atoms. The van der Waals surface area contributed by atoms with Gasteiger partial charge in [-0.1, -0.05) is 55.3 Å². The highest BCUT2D eigenvalue weighted by molar-refractivity contribution is 6.30. The van der Waals surface area contributed by atoms with Gasteiger partial charge in [-0.25, -0.2) is 4.98 Å². The predicted octanol–water partition coefficient (Wildman–Crippen LogP) is 4.67. The molecular formula is C18H21ClN4. The molecule has 3 rings (SSSR count). The van der Waals surface area contributed by atoms with E-state index in [2.05, 4.69) is 60.4 Å². The van der Waals surface area contributed by atoms with Crippen LogP contribution in [0.2, 0.25) is 5.15 Å². The molecule has 120 valence electrons. The maximum Gasteiger partial charge on any atom is 0.161 e. The normalized spacial score (nSPS) is 11.4. The van der Waals surface area contributed by atoms with Gasteiger partial charge < -0.3 is 5.32 Å². The second kappa shape index (κ2) is 6.20. The second-order valence-corrected chi connectivity index (χ2v) is 6.58. The van der Waals surface area contributed by atoms with E-state index in [0.717, 1.165) is 29.0 Å². The molecule has 0 fully saturated rings. The number of hydrogen-bond donors (Lipinski definition) is 1. The van der Waals surface area contributed by atoms with Crippen molar-refractivity contribution in [2.75, 3.05) is 5.32 Å². The number of benzene rings is 1. The number of halogens is 1. The van der Waals surface area contributed by atoms with Crippen molar-refractivity contribution in [3.05, 3.63) is 52.3 Å². The van der Waals surface area contributed by atoms with E-state index in [0.29, 0.717) is 11.1 Å². The van der Waals surface area contributed by atoms with Crippen molar-refractivity contribution in [3.63, 3.8) is 0 Å². The van der Waals surface area contributed by atoms with E-state index in [1.54, 1.807) is 4.68 Å². The molecule has 0 saturated carbocycles. The zero-order chi connectivity index (χ0) is 16.6. The SMILES string of the molecule is Cc1ccc(CNc2cc(Cl)nc3c2c(C(C)C)nn3C)cc1. The van der Waals surface area contributed by atoms with Crippen molar-refractivity contribution in [2.24, 2.45) is 7.05 Å². The van der Waals surface area contributed by atoms with Crippen LogP contribution in [0.1, 0.15) is 36.6 Å². The Balaban J connectivity index is 2.00. The van der Waals surface area contributed by atoms with E-state index in [-0.39, 0.29) is 0 Å². The van der Waals surface area contributed by atoms with Crippen LogP contribution >= 0.6 is 11.6 Å². The molecule has 0 aliphatic carbocycles. The lowest BCUT2D eigenvalue weighted by Crippen LogP contribution is -2.02. The zero-order valence-corrected chi connectivity index (χ0v) is 14.6. The summed E-state index contributed by atoms with van der Waals surface area (Å²) in [5.41, 5.74) is 5.33. The van der Waals surface area contributed by atoms with Crippen LogP contribution in [0.4, 0.5) is 5.69 Å². The standard InChI is InChI=1S/C18H21ClN4/c1-11(2)17-16-14(9-15(19)21-18(16)23(4)22-17)20-10-13-7-5-12(3)6-8-13/h5-9,11H,10H2,1-4H3,(H,20,21). The van der Waals surface area contributed by atoms with Gasteiger partial charge in [0.05, 0.1) is 16.8 Å². The highest BCUT2D eigenvalue weighted by Crippen LogP contribution is 2.32. The van der Waals surface area contributed by atoms with E-state index < -0.39 is 0 Å². The highest BCUT2D eigenvalue weighted by atomic mass is 35.5. The molecule has 0 atom stereocenters. The van der Waals surface area contributed by atoms with E-state index in [1.807, 2.05) is 13.1 Å². The largest absolute Gasteiger partial charge is 0.380 e. The van der Waals surface area contributed by atoms with Crippen LogP contribution < -0.4 is 5.32 Å². The summed E-state index contributed by atoms with van der Waals surface area (Å²) in [6.07, 6.45) is 0. The van der Waals surface area contributed by atoms with Crippen molar-refractivity contribution in [1.82, 2.24) is 14.8 Å². The Morgan fingerprint density at radius 2 is 1.91 bits per heavy atom. The number of nitrogens with zero attached hydrogens (tertiary/aromatic N) is 3. The Kier molecular flexibility index (Phi) is 4.26. The third-order valence-corrected chi connectivity index (χ3v) is 4.13. The number of fused-ring (bicyclic) bond motifs is 1. The first-order chi connectivity index (χ1) is 11.0. The number of aromatic nitrogens is 3. The van der Waals surface area contributed by atoms with Crippen molar-refractivity contribution >= 4 is 28.3 Å². The van der Waals surface area contributed by atoms with Crippen molar-refractivity contribution in [1.29, 1.82) is 0 Å². The Hall–Kier alpha value is -2.07. The molecule has 5 heteroatoms. The molecule has 0 spiro atoms. The molecule has 3 aromatic rings. The summed E-state index contributed by atoms with van der Waals surface area (Å²) >= 11 is 6.19. The van der Waals surface area contributed by atoms with Gasteiger partial charge in [-0.2, -0.15) is 5.10 Å². The summed E-state index contributed by atoms with van der Waals surface area (Å²) in [6.45, 7) is 7.11. The van der Waals surface area contributed by atoms with Gasteiger partial charge in [0.25, 0.3) is 0 Å². The van der Waals surface area contributed by atoms with Crippen LogP contribution in [-0.4, -0.2) is 14.8 Å². The van der Waals surface area contributed by atoms with Gasteiger partial charge in [-0.05, 0) is 24.5 Å². The minimum atomic E-state index is 0.321. The zero-order valence-electron chi connectivity index (χ0n) is 13.9. The minimum absolute atomic E-state index is 0.321. The Morgan fingerprint density at radius 1 is 1.22 bits per heavy atom. The summed E-state index contributed by atoms with van der Waals surface area (Å²) in [7, 11) is 1.90. The van der Waals surface area contributed by atoms with Gasteiger partial charge in [0.1, 0.15) is 5.15 Å². The summed E-state index contributed by atoms with van der Waals surface area (Å²) in [5.74, 6) is 0.321. The third-order valence-electron chi connectivity index (χ3n) is 3.94.